The Morgan fingerprint density at radius 2 is 1.88 bits per heavy atom. The summed E-state index contributed by atoms with van der Waals surface area (Å²) >= 11 is 0. The Balaban J connectivity index is 0. The van der Waals surface area contributed by atoms with E-state index in [1.54, 1.807) is 7.11 Å². The van der Waals surface area contributed by atoms with Crippen LogP contribution in [-0.4, -0.2) is 39.3 Å². The third-order valence-corrected chi connectivity index (χ3v) is 0.743. The van der Waals surface area contributed by atoms with Gasteiger partial charge in [0.05, 0.1) is 6.61 Å². The predicted octanol–water partition coefficient (Wildman–Crippen LogP) is 0.831. The van der Waals surface area contributed by atoms with Crippen LogP contribution in [0.15, 0.2) is 0 Å². The van der Waals surface area contributed by atoms with Gasteiger partial charge in [-0.3, -0.25) is 0 Å². The first kappa shape index (κ1) is 10.8. The van der Waals surface area contributed by atoms with Crippen LogP contribution in [0.2, 0.25) is 0 Å². The molecule has 0 aliphatic heterocycles. The van der Waals surface area contributed by atoms with Crippen LogP contribution in [-0.2, 0) is 4.74 Å². The second-order valence-corrected chi connectivity index (χ2v) is 1.80. The van der Waals surface area contributed by atoms with Gasteiger partial charge in [-0.15, -0.1) is 0 Å². The first-order valence-electron chi connectivity index (χ1n) is 2.41. The minimum absolute atomic E-state index is 0. The van der Waals surface area contributed by atoms with E-state index >= 15 is 0 Å². The Kier molecular flexibility index (Phi) is 9.36. The van der Waals surface area contributed by atoms with Gasteiger partial charge >= 0.3 is 0 Å². The molecule has 0 spiro atoms. The minimum Gasteiger partial charge on any atom is -0.383 e. The predicted molar refractivity (Wildman–Crippen MR) is 37.2 cm³/mol. The van der Waals surface area contributed by atoms with Crippen molar-refractivity contribution in [2.75, 3.05) is 34.4 Å². The van der Waals surface area contributed by atoms with Gasteiger partial charge in [-0.05, 0) is 14.1 Å². The van der Waals surface area contributed by atoms with E-state index in [0.717, 1.165) is 13.2 Å². The Morgan fingerprint density at radius 1 is 1.38 bits per heavy atom. The molecule has 0 aromatic rings. The fourth-order valence-corrected chi connectivity index (χ4v) is 0.274. The highest BCUT2D eigenvalue weighted by Crippen LogP contribution is 1.71. The van der Waals surface area contributed by atoms with Gasteiger partial charge in [0.25, 0.3) is 0 Å². The fourth-order valence-electron chi connectivity index (χ4n) is 0.274. The van der Waals surface area contributed by atoms with Gasteiger partial charge < -0.3 is 9.64 Å². The van der Waals surface area contributed by atoms with Gasteiger partial charge in [0.2, 0.25) is 0 Å². The number of hydrogen-bond donors (Lipinski definition) is 0. The maximum Gasteiger partial charge on any atom is 0.0589 e. The lowest BCUT2D eigenvalue weighted by atomic mass is 10.6. The molecule has 0 aromatic heterocycles. The topological polar surface area (TPSA) is 12.5 Å². The summed E-state index contributed by atoms with van der Waals surface area (Å²) < 4.78 is 4.81. The summed E-state index contributed by atoms with van der Waals surface area (Å²) in [7, 11) is 5.77. The molecule has 8 heavy (non-hydrogen) atoms. The van der Waals surface area contributed by atoms with Crippen LogP contribution >= 0.6 is 0 Å². The van der Waals surface area contributed by atoms with Crippen molar-refractivity contribution in [2.45, 2.75) is 7.43 Å². The van der Waals surface area contributed by atoms with E-state index in [1.165, 1.54) is 0 Å². The zero-order valence-corrected chi connectivity index (χ0v) is 5.27. The van der Waals surface area contributed by atoms with E-state index in [4.69, 9.17) is 4.74 Å². The van der Waals surface area contributed by atoms with Gasteiger partial charge in [0, 0.05) is 13.7 Å². The first-order valence-corrected chi connectivity index (χ1v) is 2.41. The van der Waals surface area contributed by atoms with Crippen LogP contribution in [0.25, 0.3) is 0 Å². The van der Waals surface area contributed by atoms with Crippen molar-refractivity contribution in [1.29, 1.82) is 0 Å². The van der Waals surface area contributed by atoms with Crippen molar-refractivity contribution < 1.29 is 4.74 Å². The van der Waals surface area contributed by atoms with Crippen molar-refractivity contribution in [3.05, 3.63) is 0 Å². The Hall–Kier alpha value is -0.0800. The van der Waals surface area contributed by atoms with Crippen molar-refractivity contribution in [3.8, 4) is 0 Å². The number of ether oxygens (including phenoxy) is 1. The lowest BCUT2D eigenvalue weighted by Crippen LogP contribution is -2.16. The molecule has 0 saturated heterocycles. The molecule has 0 aliphatic rings. The van der Waals surface area contributed by atoms with Crippen LogP contribution in [0.1, 0.15) is 7.43 Å². The lowest BCUT2D eigenvalue weighted by Gasteiger charge is -2.06. The molecule has 0 saturated carbocycles. The van der Waals surface area contributed by atoms with Gasteiger partial charge in [0.1, 0.15) is 0 Å². The fraction of sp³-hybridized carbons (Fsp3) is 1.00. The van der Waals surface area contributed by atoms with E-state index in [2.05, 4.69) is 4.90 Å². The third-order valence-electron chi connectivity index (χ3n) is 0.743. The van der Waals surface area contributed by atoms with E-state index < -0.39 is 0 Å². The molecule has 0 fully saturated rings. The molecule has 52 valence electrons. The highest BCUT2D eigenvalue weighted by atomic mass is 16.5. The second-order valence-electron chi connectivity index (χ2n) is 1.80. The summed E-state index contributed by atoms with van der Waals surface area (Å²) in [5.41, 5.74) is 0. The van der Waals surface area contributed by atoms with Crippen molar-refractivity contribution in [3.63, 3.8) is 0 Å². The van der Waals surface area contributed by atoms with Crippen molar-refractivity contribution in [1.82, 2.24) is 4.90 Å². The maximum absolute atomic E-state index is 4.81. The molecule has 0 rings (SSSR count). The van der Waals surface area contributed by atoms with Crippen LogP contribution in [0, 0.1) is 0 Å². The average Bonchev–Trinajstić information content (AvgIpc) is 1.61. The molecule has 0 N–H and O–H groups in total. The molecule has 0 amide bonds. The van der Waals surface area contributed by atoms with E-state index in [1.807, 2.05) is 14.1 Å². The summed E-state index contributed by atoms with van der Waals surface area (Å²) in [6.07, 6.45) is 0. The summed E-state index contributed by atoms with van der Waals surface area (Å²) in [6, 6.07) is 0. The lowest BCUT2D eigenvalue weighted by molar-refractivity contribution is 0.172. The average molecular weight is 119 g/mol. The summed E-state index contributed by atoms with van der Waals surface area (Å²) in [5, 5.41) is 0. The molecular formula is C6H17NO. The Morgan fingerprint density at radius 3 is 2.00 bits per heavy atom. The highest BCUT2D eigenvalue weighted by Gasteiger charge is 1.83. The maximum atomic E-state index is 4.81. The third kappa shape index (κ3) is 9.33. The molecule has 0 heterocycles. The molecule has 2 nitrogen and oxygen atoms in total. The summed E-state index contributed by atoms with van der Waals surface area (Å²) in [5.74, 6) is 0. The SMILES string of the molecule is C.COCCN(C)C. The number of likely N-dealkylation sites (N-methyl/N-ethyl adjacent to an activating group) is 1. The molecule has 2 heteroatoms. The number of methoxy groups -OCH3 is 1. The summed E-state index contributed by atoms with van der Waals surface area (Å²) in [6.45, 7) is 1.84. The Bertz CT molecular complexity index is 37.5. The van der Waals surface area contributed by atoms with Crippen LogP contribution < -0.4 is 0 Å². The smallest absolute Gasteiger partial charge is 0.0589 e. The van der Waals surface area contributed by atoms with Crippen LogP contribution in [0.4, 0.5) is 0 Å². The molecule has 0 aromatic carbocycles. The van der Waals surface area contributed by atoms with Crippen molar-refractivity contribution >= 4 is 0 Å². The largest absolute Gasteiger partial charge is 0.383 e. The Labute approximate surface area is 52.4 Å². The molecule has 0 atom stereocenters. The van der Waals surface area contributed by atoms with E-state index in [-0.39, 0.29) is 7.43 Å². The molecule has 0 radical (unpaired) electrons. The van der Waals surface area contributed by atoms with Gasteiger partial charge in [-0.25, -0.2) is 0 Å². The summed E-state index contributed by atoms with van der Waals surface area (Å²) in [4.78, 5) is 2.09. The van der Waals surface area contributed by atoms with Gasteiger partial charge in [0.15, 0.2) is 0 Å². The number of hydrogen-bond acceptors (Lipinski definition) is 2. The van der Waals surface area contributed by atoms with Gasteiger partial charge in [-0.1, -0.05) is 7.43 Å². The quantitative estimate of drug-likeness (QED) is 0.545. The zero-order chi connectivity index (χ0) is 5.70. The highest BCUT2D eigenvalue weighted by molar-refractivity contribution is 4.36. The number of rotatable bonds is 3. The number of nitrogens with zero attached hydrogens (tertiary/aromatic N) is 1. The normalized spacial score (nSPS) is 9.00. The first-order chi connectivity index (χ1) is 3.27. The molecular weight excluding hydrogens is 102 g/mol. The standard InChI is InChI=1S/C5H13NO.CH4/c1-6(2)4-5-7-3;/h4-5H2,1-3H3;1H4. The second kappa shape index (κ2) is 6.92. The monoisotopic (exact) mass is 119 g/mol. The molecule has 0 bridgehead atoms. The minimum atomic E-state index is 0. The van der Waals surface area contributed by atoms with Crippen LogP contribution in [0.3, 0.4) is 0 Å². The zero-order valence-electron chi connectivity index (χ0n) is 5.27. The van der Waals surface area contributed by atoms with E-state index in [9.17, 15) is 0 Å². The molecule has 0 unspecified atom stereocenters. The van der Waals surface area contributed by atoms with E-state index in [0.29, 0.717) is 0 Å². The van der Waals surface area contributed by atoms with Crippen molar-refractivity contribution in [2.24, 2.45) is 0 Å². The van der Waals surface area contributed by atoms with Gasteiger partial charge in [-0.2, -0.15) is 0 Å². The van der Waals surface area contributed by atoms with Crippen LogP contribution in [0.5, 0.6) is 0 Å². The molecule has 0 aliphatic carbocycles.